The van der Waals surface area contributed by atoms with Gasteiger partial charge in [-0.25, -0.2) is 9.97 Å². The fourth-order valence-corrected chi connectivity index (χ4v) is 1.92. The van der Waals surface area contributed by atoms with Crippen LogP contribution in [0.15, 0.2) is 6.20 Å². The van der Waals surface area contributed by atoms with Crippen molar-refractivity contribution in [2.45, 2.75) is 52.6 Å². The lowest BCUT2D eigenvalue weighted by atomic mass is 10.2. The zero-order chi connectivity index (χ0) is 14.5. The molecule has 0 spiro atoms. The number of hydrogen-bond acceptors (Lipinski definition) is 6. The highest BCUT2D eigenvalue weighted by Gasteiger charge is 2.12. The van der Waals surface area contributed by atoms with Gasteiger partial charge in [0.05, 0.1) is 18.0 Å². The van der Waals surface area contributed by atoms with E-state index in [-0.39, 0.29) is 12.1 Å². The second kappa shape index (κ2) is 6.45. The maximum Gasteiger partial charge on any atom is 0.247 e. The molecule has 0 aliphatic heterocycles. The van der Waals surface area contributed by atoms with Crippen LogP contribution in [0.3, 0.4) is 0 Å². The van der Waals surface area contributed by atoms with Crippen molar-refractivity contribution in [3.8, 4) is 5.88 Å². The second-order valence-electron chi connectivity index (χ2n) is 5.04. The van der Waals surface area contributed by atoms with Gasteiger partial charge in [-0.3, -0.25) is 0 Å². The molecule has 0 aliphatic carbocycles. The van der Waals surface area contributed by atoms with E-state index < -0.39 is 0 Å². The highest BCUT2D eigenvalue weighted by atomic mass is 16.5. The standard InChI is InChI=1S/C14H21N5O/c1-4-5-6-7-10-8-16-12-11(17-10)13(20-9(2)3)19-14(15)18-12/h8-9H,4-7H2,1-3H3,(H2,15,16,18,19). The molecule has 6 heteroatoms. The normalized spacial score (nSPS) is 11.2. The first kappa shape index (κ1) is 14.4. The Morgan fingerprint density at radius 1 is 1.20 bits per heavy atom. The molecule has 0 fully saturated rings. The molecule has 2 aromatic rings. The average Bonchev–Trinajstić information content (AvgIpc) is 2.39. The molecule has 0 aromatic carbocycles. The van der Waals surface area contributed by atoms with Gasteiger partial charge >= 0.3 is 0 Å². The minimum Gasteiger partial charge on any atom is -0.473 e. The smallest absolute Gasteiger partial charge is 0.247 e. The highest BCUT2D eigenvalue weighted by Crippen LogP contribution is 2.21. The van der Waals surface area contributed by atoms with Crippen LogP contribution >= 0.6 is 0 Å². The van der Waals surface area contributed by atoms with Crippen molar-refractivity contribution in [3.05, 3.63) is 11.9 Å². The summed E-state index contributed by atoms with van der Waals surface area (Å²) in [5, 5.41) is 0. The van der Waals surface area contributed by atoms with Crippen molar-refractivity contribution >= 4 is 17.1 Å². The van der Waals surface area contributed by atoms with E-state index in [0.29, 0.717) is 17.0 Å². The Bertz CT molecular complexity index is 585. The van der Waals surface area contributed by atoms with E-state index in [2.05, 4.69) is 26.9 Å². The van der Waals surface area contributed by atoms with E-state index >= 15 is 0 Å². The van der Waals surface area contributed by atoms with Gasteiger partial charge in [-0.05, 0) is 26.7 Å². The van der Waals surface area contributed by atoms with Gasteiger partial charge in [-0.1, -0.05) is 19.8 Å². The largest absolute Gasteiger partial charge is 0.473 e. The Morgan fingerprint density at radius 3 is 2.70 bits per heavy atom. The monoisotopic (exact) mass is 275 g/mol. The predicted molar refractivity (Wildman–Crippen MR) is 78.5 cm³/mol. The fraction of sp³-hybridized carbons (Fsp3) is 0.571. The zero-order valence-electron chi connectivity index (χ0n) is 12.3. The molecule has 0 radical (unpaired) electrons. The third-order valence-corrected chi connectivity index (χ3v) is 2.83. The summed E-state index contributed by atoms with van der Waals surface area (Å²) in [5.41, 5.74) is 7.67. The molecule has 0 amide bonds. The Labute approximate surface area is 118 Å². The molecule has 0 aliphatic rings. The molecule has 2 heterocycles. The molecule has 0 saturated carbocycles. The number of anilines is 1. The molecular formula is C14H21N5O. The molecule has 2 aromatic heterocycles. The third kappa shape index (κ3) is 3.53. The summed E-state index contributed by atoms with van der Waals surface area (Å²) in [5.74, 6) is 0.563. The molecular weight excluding hydrogens is 254 g/mol. The number of unbranched alkanes of at least 4 members (excludes halogenated alkanes) is 2. The zero-order valence-corrected chi connectivity index (χ0v) is 12.3. The van der Waals surface area contributed by atoms with Gasteiger partial charge in [-0.15, -0.1) is 0 Å². The van der Waals surface area contributed by atoms with Gasteiger partial charge in [0, 0.05) is 0 Å². The molecule has 20 heavy (non-hydrogen) atoms. The number of fused-ring (bicyclic) bond motifs is 1. The van der Waals surface area contributed by atoms with Crippen LogP contribution in [0.4, 0.5) is 5.95 Å². The number of rotatable bonds is 6. The van der Waals surface area contributed by atoms with Gasteiger partial charge in [-0.2, -0.15) is 9.97 Å². The second-order valence-corrected chi connectivity index (χ2v) is 5.04. The van der Waals surface area contributed by atoms with Crippen LogP contribution in [-0.4, -0.2) is 26.0 Å². The Morgan fingerprint density at radius 2 is 2.00 bits per heavy atom. The van der Waals surface area contributed by atoms with Crippen molar-refractivity contribution in [1.29, 1.82) is 0 Å². The summed E-state index contributed by atoms with van der Waals surface area (Å²) in [6, 6.07) is 0. The van der Waals surface area contributed by atoms with Gasteiger partial charge in [0.15, 0.2) is 11.2 Å². The van der Waals surface area contributed by atoms with Crippen LogP contribution in [-0.2, 0) is 6.42 Å². The summed E-state index contributed by atoms with van der Waals surface area (Å²) in [6.45, 7) is 6.04. The lowest BCUT2D eigenvalue weighted by Crippen LogP contribution is -2.10. The summed E-state index contributed by atoms with van der Waals surface area (Å²) in [4.78, 5) is 17.1. The fourth-order valence-electron chi connectivity index (χ4n) is 1.92. The van der Waals surface area contributed by atoms with Crippen molar-refractivity contribution < 1.29 is 4.74 Å². The first-order valence-electron chi connectivity index (χ1n) is 7.06. The van der Waals surface area contributed by atoms with Crippen LogP contribution in [0.2, 0.25) is 0 Å². The quantitative estimate of drug-likeness (QED) is 0.815. The summed E-state index contributed by atoms with van der Waals surface area (Å²) in [6.07, 6.45) is 6.13. The van der Waals surface area contributed by atoms with E-state index in [1.807, 2.05) is 13.8 Å². The number of aromatic nitrogens is 4. The molecule has 6 nitrogen and oxygen atoms in total. The molecule has 0 atom stereocenters. The maximum atomic E-state index is 5.67. The lowest BCUT2D eigenvalue weighted by Gasteiger charge is -2.11. The molecule has 2 rings (SSSR count). The Balaban J connectivity index is 2.35. The number of nitrogen functional groups attached to an aromatic ring is 1. The van der Waals surface area contributed by atoms with Crippen LogP contribution in [0.5, 0.6) is 5.88 Å². The Hall–Kier alpha value is -1.98. The van der Waals surface area contributed by atoms with Gasteiger partial charge in [0.25, 0.3) is 0 Å². The molecule has 2 N–H and O–H groups in total. The van der Waals surface area contributed by atoms with Gasteiger partial charge < -0.3 is 10.5 Å². The van der Waals surface area contributed by atoms with Gasteiger partial charge in [0.1, 0.15) is 0 Å². The number of ether oxygens (including phenoxy) is 1. The molecule has 0 bridgehead atoms. The highest BCUT2D eigenvalue weighted by molar-refractivity contribution is 5.76. The predicted octanol–water partition coefficient (Wildman–Crippen LogP) is 2.52. The van der Waals surface area contributed by atoms with Crippen LogP contribution in [0.25, 0.3) is 11.2 Å². The number of nitrogens with two attached hydrogens (primary N) is 1. The summed E-state index contributed by atoms with van der Waals surface area (Å²) in [7, 11) is 0. The van der Waals surface area contributed by atoms with Crippen molar-refractivity contribution in [1.82, 2.24) is 19.9 Å². The molecule has 108 valence electrons. The first-order valence-corrected chi connectivity index (χ1v) is 7.06. The Kier molecular flexibility index (Phi) is 4.65. The van der Waals surface area contributed by atoms with E-state index in [1.165, 1.54) is 12.8 Å². The van der Waals surface area contributed by atoms with E-state index in [9.17, 15) is 0 Å². The van der Waals surface area contributed by atoms with E-state index in [1.54, 1.807) is 6.20 Å². The minimum absolute atomic E-state index is 0.00181. The number of nitrogens with zero attached hydrogens (tertiary/aromatic N) is 4. The van der Waals surface area contributed by atoms with Gasteiger partial charge in [0.2, 0.25) is 11.8 Å². The van der Waals surface area contributed by atoms with Crippen LogP contribution in [0.1, 0.15) is 45.7 Å². The maximum absolute atomic E-state index is 5.67. The van der Waals surface area contributed by atoms with Crippen molar-refractivity contribution in [2.75, 3.05) is 5.73 Å². The third-order valence-electron chi connectivity index (χ3n) is 2.83. The summed E-state index contributed by atoms with van der Waals surface area (Å²) < 4.78 is 5.66. The van der Waals surface area contributed by atoms with E-state index in [0.717, 1.165) is 18.5 Å². The van der Waals surface area contributed by atoms with Crippen LogP contribution < -0.4 is 10.5 Å². The number of hydrogen-bond donors (Lipinski definition) is 1. The van der Waals surface area contributed by atoms with Crippen LogP contribution in [0, 0.1) is 0 Å². The molecule has 0 unspecified atom stereocenters. The average molecular weight is 275 g/mol. The lowest BCUT2D eigenvalue weighted by molar-refractivity contribution is 0.235. The first-order chi connectivity index (χ1) is 9.60. The topological polar surface area (TPSA) is 86.8 Å². The minimum atomic E-state index is -0.00181. The van der Waals surface area contributed by atoms with Crippen molar-refractivity contribution in [2.24, 2.45) is 0 Å². The van der Waals surface area contributed by atoms with E-state index in [4.69, 9.17) is 10.5 Å². The SMILES string of the molecule is CCCCCc1cnc2nc(N)nc(OC(C)C)c2n1. The molecule has 0 saturated heterocycles. The number of aryl methyl sites for hydroxylation is 1. The summed E-state index contributed by atoms with van der Waals surface area (Å²) >= 11 is 0. The van der Waals surface area contributed by atoms with Crippen molar-refractivity contribution in [3.63, 3.8) is 0 Å².